The molecule has 0 amide bonds. The van der Waals surface area contributed by atoms with Crippen LogP contribution in [-0.4, -0.2) is 0 Å². The van der Waals surface area contributed by atoms with Crippen LogP contribution in [0, 0.1) is 11.7 Å². The summed E-state index contributed by atoms with van der Waals surface area (Å²) in [7, 11) is 0. The van der Waals surface area contributed by atoms with E-state index in [4.69, 9.17) is 0 Å². The molecular weight excluding hydrogens is 394 g/mol. The molecular formula is C22H22F6O. The lowest BCUT2D eigenvalue weighted by atomic mass is 9.78. The van der Waals surface area contributed by atoms with Gasteiger partial charge in [-0.3, -0.25) is 0 Å². The SMILES string of the molecule is CCC1CCC(c2ccc(C(F)(F)Oc3ccc(C(F)(F)F)c(F)c3)cc2)CC1. The van der Waals surface area contributed by atoms with Gasteiger partial charge in [-0.05, 0) is 67.3 Å². The molecule has 0 spiro atoms. The minimum absolute atomic E-state index is 0.317. The maximum atomic E-state index is 14.4. The molecule has 3 rings (SSSR count). The molecule has 1 aliphatic carbocycles. The summed E-state index contributed by atoms with van der Waals surface area (Å²) in [6.07, 6.45) is -3.25. The van der Waals surface area contributed by atoms with Gasteiger partial charge >= 0.3 is 12.3 Å². The van der Waals surface area contributed by atoms with Crippen molar-refractivity contribution < 1.29 is 31.1 Å². The van der Waals surface area contributed by atoms with Gasteiger partial charge in [0.25, 0.3) is 0 Å². The normalized spacial score (nSPS) is 20.5. The molecule has 0 aromatic heterocycles. The van der Waals surface area contributed by atoms with Crippen LogP contribution in [0.15, 0.2) is 42.5 Å². The van der Waals surface area contributed by atoms with Gasteiger partial charge in [0.15, 0.2) is 0 Å². The zero-order chi connectivity index (χ0) is 21.2. The minimum Gasteiger partial charge on any atom is -0.429 e. The summed E-state index contributed by atoms with van der Waals surface area (Å²) in [5.41, 5.74) is -0.987. The number of rotatable bonds is 5. The zero-order valence-corrected chi connectivity index (χ0v) is 15.9. The van der Waals surface area contributed by atoms with Gasteiger partial charge in [0.2, 0.25) is 0 Å². The summed E-state index contributed by atoms with van der Waals surface area (Å²) < 4.78 is 84.7. The van der Waals surface area contributed by atoms with Crippen LogP contribution in [0.5, 0.6) is 5.75 Å². The maximum absolute atomic E-state index is 14.4. The van der Waals surface area contributed by atoms with Crippen LogP contribution in [0.3, 0.4) is 0 Å². The van der Waals surface area contributed by atoms with E-state index < -0.39 is 35.0 Å². The van der Waals surface area contributed by atoms with E-state index in [0.717, 1.165) is 43.6 Å². The lowest BCUT2D eigenvalue weighted by Gasteiger charge is -2.28. The van der Waals surface area contributed by atoms with Crippen molar-refractivity contribution in [2.75, 3.05) is 0 Å². The molecule has 1 fully saturated rings. The van der Waals surface area contributed by atoms with Gasteiger partial charge in [-0.25, -0.2) is 4.39 Å². The second-order valence-corrected chi connectivity index (χ2v) is 7.51. The molecule has 0 unspecified atom stereocenters. The first-order chi connectivity index (χ1) is 13.6. The summed E-state index contributed by atoms with van der Waals surface area (Å²) in [5.74, 6) is -1.27. The van der Waals surface area contributed by atoms with Crippen LogP contribution in [0.2, 0.25) is 0 Å². The van der Waals surface area contributed by atoms with Crippen molar-refractivity contribution in [1.82, 2.24) is 0 Å². The number of benzene rings is 2. The number of halogens is 6. The van der Waals surface area contributed by atoms with Gasteiger partial charge in [-0.2, -0.15) is 22.0 Å². The maximum Gasteiger partial charge on any atom is 0.426 e. The molecule has 1 aliphatic rings. The monoisotopic (exact) mass is 416 g/mol. The molecule has 2 aromatic rings. The van der Waals surface area contributed by atoms with E-state index in [9.17, 15) is 26.3 Å². The third kappa shape index (κ3) is 5.06. The first kappa shape index (κ1) is 21.5. The molecule has 29 heavy (non-hydrogen) atoms. The average Bonchev–Trinajstić information content (AvgIpc) is 2.67. The summed E-state index contributed by atoms with van der Waals surface area (Å²) >= 11 is 0. The lowest BCUT2D eigenvalue weighted by Crippen LogP contribution is -2.22. The van der Waals surface area contributed by atoms with Crippen molar-refractivity contribution in [3.05, 3.63) is 65.0 Å². The average molecular weight is 416 g/mol. The molecule has 0 radical (unpaired) electrons. The Morgan fingerprint density at radius 1 is 0.897 bits per heavy atom. The molecule has 2 aromatic carbocycles. The van der Waals surface area contributed by atoms with Crippen molar-refractivity contribution in [2.24, 2.45) is 5.92 Å². The Morgan fingerprint density at radius 2 is 1.52 bits per heavy atom. The Balaban J connectivity index is 1.70. The first-order valence-electron chi connectivity index (χ1n) is 9.64. The summed E-state index contributed by atoms with van der Waals surface area (Å²) in [5, 5.41) is 0. The third-order valence-electron chi connectivity index (χ3n) is 5.63. The van der Waals surface area contributed by atoms with Gasteiger partial charge < -0.3 is 4.74 Å². The molecule has 0 atom stereocenters. The molecule has 0 N–H and O–H groups in total. The second-order valence-electron chi connectivity index (χ2n) is 7.51. The zero-order valence-electron chi connectivity index (χ0n) is 15.9. The Hall–Kier alpha value is -2.18. The molecule has 1 nitrogen and oxygen atoms in total. The fourth-order valence-corrected chi connectivity index (χ4v) is 3.85. The van der Waals surface area contributed by atoms with Gasteiger partial charge in [0.1, 0.15) is 11.6 Å². The highest BCUT2D eigenvalue weighted by atomic mass is 19.4. The molecule has 1 saturated carbocycles. The van der Waals surface area contributed by atoms with Crippen LogP contribution in [0.4, 0.5) is 26.3 Å². The number of hydrogen-bond acceptors (Lipinski definition) is 1. The number of ether oxygens (including phenoxy) is 1. The van der Waals surface area contributed by atoms with Gasteiger partial charge in [0.05, 0.1) is 11.1 Å². The first-order valence-corrected chi connectivity index (χ1v) is 9.64. The quantitative estimate of drug-likeness (QED) is 0.455. The summed E-state index contributed by atoms with van der Waals surface area (Å²) in [4.78, 5) is 0. The van der Waals surface area contributed by atoms with E-state index >= 15 is 0 Å². The van der Waals surface area contributed by atoms with Gasteiger partial charge in [-0.1, -0.05) is 25.5 Å². The van der Waals surface area contributed by atoms with E-state index in [-0.39, 0.29) is 0 Å². The Kier molecular flexibility index (Phi) is 6.15. The van der Waals surface area contributed by atoms with E-state index in [0.29, 0.717) is 24.1 Å². The van der Waals surface area contributed by atoms with Crippen LogP contribution in [0.25, 0.3) is 0 Å². The van der Waals surface area contributed by atoms with Crippen molar-refractivity contribution in [2.45, 2.75) is 57.2 Å². The topological polar surface area (TPSA) is 9.23 Å². The molecule has 0 heterocycles. The Labute approximate surface area is 165 Å². The van der Waals surface area contributed by atoms with Crippen LogP contribution >= 0.6 is 0 Å². The molecule has 0 saturated heterocycles. The Bertz CT molecular complexity index is 820. The van der Waals surface area contributed by atoms with E-state index in [2.05, 4.69) is 11.7 Å². The van der Waals surface area contributed by atoms with Gasteiger partial charge in [-0.15, -0.1) is 0 Å². The van der Waals surface area contributed by atoms with E-state index in [1.165, 1.54) is 12.1 Å². The number of alkyl halides is 5. The van der Waals surface area contributed by atoms with Crippen molar-refractivity contribution in [1.29, 1.82) is 0 Å². The van der Waals surface area contributed by atoms with E-state index in [1.54, 1.807) is 12.1 Å². The molecule has 158 valence electrons. The van der Waals surface area contributed by atoms with Crippen molar-refractivity contribution in [3.8, 4) is 5.75 Å². The number of hydrogen-bond donors (Lipinski definition) is 0. The van der Waals surface area contributed by atoms with Gasteiger partial charge in [0, 0.05) is 6.07 Å². The Morgan fingerprint density at radius 3 is 2.03 bits per heavy atom. The van der Waals surface area contributed by atoms with Crippen LogP contribution in [0.1, 0.15) is 61.6 Å². The fraction of sp³-hybridized carbons (Fsp3) is 0.455. The second kappa shape index (κ2) is 8.28. The highest BCUT2D eigenvalue weighted by Gasteiger charge is 2.37. The molecule has 7 heteroatoms. The molecule has 0 bridgehead atoms. The largest absolute Gasteiger partial charge is 0.429 e. The third-order valence-corrected chi connectivity index (χ3v) is 5.63. The van der Waals surface area contributed by atoms with Crippen molar-refractivity contribution >= 4 is 0 Å². The molecule has 0 aliphatic heterocycles. The van der Waals surface area contributed by atoms with Crippen LogP contribution in [-0.2, 0) is 12.3 Å². The predicted octanol–water partition coefficient (Wildman–Crippen LogP) is 7.66. The minimum atomic E-state index is -4.91. The van der Waals surface area contributed by atoms with Crippen molar-refractivity contribution in [3.63, 3.8) is 0 Å². The van der Waals surface area contributed by atoms with E-state index in [1.807, 2.05) is 0 Å². The predicted molar refractivity (Wildman–Crippen MR) is 97.4 cm³/mol. The standard InChI is InChI=1S/C22H22F6O/c1-2-14-3-5-15(6-4-14)16-7-9-17(10-8-16)22(27,28)29-18-11-12-19(20(23)13-18)21(24,25)26/h7-15H,2-6H2,1H3. The smallest absolute Gasteiger partial charge is 0.426 e. The highest BCUT2D eigenvalue weighted by Crippen LogP contribution is 2.39. The fourth-order valence-electron chi connectivity index (χ4n) is 3.85. The summed E-state index contributed by atoms with van der Waals surface area (Å²) in [6.45, 7) is 2.17. The summed E-state index contributed by atoms with van der Waals surface area (Å²) in [6, 6.07) is 7.16. The highest BCUT2D eigenvalue weighted by molar-refractivity contribution is 5.33. The lowest BCUT2D eigenvalue weighted by molar-refractivity contribution is -0.185. The van der Waals surface area contributed by atoms with Crippen LogP contribution < -0.4 is 4.74 Å².